The topological polar surface area (TPSA) is 55.0 Å². The summed E-state index contributed by atoms with van der Waals surface area (Å²) in [5, 5.41) is 0. The molecule has 0 amide bonds. The van der Waals surface area contributed by atoms with Crippen molar-refractivity contribution in [2.45, 2.75) is 25.9 Å². The fraction of sp³-hybridized carbons (Fsp3) is 0.500. The average Bonchev–Trinajstić information content (AvgIpc) is 2.18. The highest BCUT2D eigenvalue weighted by Crippen LogP contribution is 2.04. The van der Waals surface area contributed by atoms with E-state index in [0.29, 0.717) is 17.6 Å². The second kappa shape index (κ2) is 5.72. The van der Waals surface area contributed by atoms with Gasteiger partial charge < -0.3 is 5.73 Å². The lowest BCUT2D eigenvalue weighted by Gasteiger charge is -2.23. The molecule has 1 unspecified atom stereocenters. The molecule has 5 heteroatoms. The molecule has 4 nitrogen and oxygen atoms in total. The predicted molar refractivity (Wildman–Crippen MR) is 64.4 cm³/mol. The van der Waals surface area contributed by atoms with Gasteiger partial charge in [0.2, 0.25) is 0 Å². The van der Waals surface area contributed by atoms with Crippen LogP contribution in [0.5, 0.6) is 0 Å². The molecule has 82 valence electrons. The molecule has 0 aliphatic heterocycles. The van der Waals surface area contributed by atoms with Gasteiger partial charge in [-0.05, 0) is 20.0 Å². The molecule has 1 aromatic heterocycles. The van der Waals surface area contributed by atoms with Gasteiger partial charge in [-0.15, -0.1) is 0 Å². The van der Waals surface area contributed by atoms with Crippen LogP contribution in [-0.4, -0.2) is 32.9 Å². The van der Waals surface area contributed by atoms with Crippen molar-refractivity contribution in [3.05, 3.63) is 24.3 Å². The Labute approximate surface area is 95.5 Å². The molecule has 1 atom stereocenters. The van der Waals surface area contributed by atoms with E-state index in [1.165, 1.54) is 0 Å². The fourth-order valence-corrected chi connectivity index (χ4v) is 1.48. The minimum Gasteiger partial charge on any atom is -0.393 e. The molecule has 1 aromatic rings. The normalized spacial score (nSPS) is 12.7. The van der Waals surface area contributed by atoms with Crippen LogP contribution in [0.2, 0.25) is 0 Å². The van der Waals surface area contributed by atoms with Crippen molar-refractivity contribution in [1.82, 2.24) is 14.9 Å². The fourth-order valence-electron chi connectivity index (χ4n) is 1.24. The summed E-state index contributed by atoms with van der Waals surface area (Å²) in [7, 11) is 2.01. The van der Waals surface area contributed by atoms with Gasteiger partial charge in [-0.1, -0.05) is 12.2 Å². The number of nitrogens with zero attached hydrogens (tertiary/aromatic N) is 3. The molecule has 15 heavy (non-hydrogen) atoms. The molecule has 2 N–H and O–H groups in total. The molecule has 1 rings (SSSR count). The minimum absolute atomic E-state index is 0.311. The monoisotopic (exact) mass is 224 g/mol. The molecular weight excluding hydrogens is 208 g/mol. The van der Waals surface area contributed by atoms with Crippen LogP contribution in [0.1, 0.15) is 19.2 Å². The Balaban J connectivity index is 2.48. The number of aromatic nitrogens is 2. The van der Waals surface area contributed by atoms with Crippen LogP contribution in [0, 0.1) is 0 Å². The van der Waals surface area contributed by atoms with Crippen molar-refractivity contribution < 1.29 is 0 Å². The summed E-state index contributed by atoms with van der Waals surface area (Å²) < 4.78 is 0. The van der Waals surface area contributed by atoms with Gasteiger partial charge in [0.1, 0.15) is 5.82 Å². The smallest absolute Gasteiger partial charge is 0.142 e. The second-order valence-electron chi connectivity index (χ2n) is 3.60. The lowest BCUT2D eigenvalue weighted by atomic mass is 10.2. The highest BCUT2D eigenvalue weighted by atomic mass is 32.1. The average molecular weight is 224 g/mol. The quantitative estimate of drug-likeness (QED) is 0.755. The maximum Gasteiger partial charge on any atom is 0.142 e. The molecule has 0 spiro atoms. The number of hydrogen-bond acceptors (Lipinski definition) is 4. The van der Waals surface area contributed by atoms with Crippen LogP contribution in [0.25, 0.3) is 0 Å². The highest BCUT2D eigenvalue weighted by Gasteiger charge is 2.11. The number of hydrogen-bond donors (Lipinski definition) is 1. The van der Waals surface area contributed by atoms with E-state index in [4.69, 9.17) is 18.0 Å². The van der Waals surface area contributed by atoms with E-state index in [9.17, 15) is 0 Å². The molecule has 0 saturated carbocycles. The third kappa shape index (κ3) is 4.31. The zero-order valence-corrected chi connectivity index (χ0v) is 9.87. The Hall–Kier alpha value is -1.07. The van der Waals surface area contributed by atoms with E-state index in [0.717, 1.165) is 12.2 Å². The SMILES string of the molecule is CC(CC(N)=S)N(C)Cc1ncccn1. The predicted octanol–water partition coefficient (Wildman–Crippen LogP) is 0.973. The number of rotatable bonds is 5. The van der Waals surface area contributed by atoms with Gasteiger partial charge in [-0.25, -0.2) is 9.97 Å². The van der Waals surface area contributed by atoms with Crippen molar-refractivity contribution in [2.75, 3.05) is 7.05 Å². The largest absolute Gasteiger partial charge is 0.393 e. The van der Waals surface area contributed by atoms with Gasteiger partial charge in [0.05, 0.1) is 11.5 Å². The molecule has 0 aliphatic carbocycles. The third-order valence-corrected chi connectivity index (χ3v) is 2.43. The molecule has 0 radical (unpaired) electrons. The van der Waals surface area contributed by atoms with Crippen molar-refractivity contribution in [3.8, 4) is 0 Å². The van der Waals surface area contributed by atoms with Crippen LogP contribution >= 0.6 is 12.2 Å². The zero-order valence-electron chi connectivity index (χ0n) is 9.05. The molecule has 1 heterocycles. The summed E-state index contributed by atoms with van der Waals surface area (Å²) in [4.78, 5) is 11.0. The number of nitrogens with two attached hydrogens (primary N) is 1. The van der Waals surface area contributed by atoms with E-state index in [1.54, 1.807) is 12.4 Å². The van der Waals surface area contributed by atoms with Gasteiger partial charge in [-0.3, -0.25) is 4.90 Å². The Morgan fingerprint density at radius 1 is 1.53 bits per heavy atom. The Morgan fingerprint density at radius 2 is 2.13 bits per heavy atom. The van der Waals surface area contributed by atoms with Crippen LogP contribution in [0.4, 0.5) is 0 Å². The lowest BCUT2D eigenvalue weighted by molar-refractivity contribution is 0.249. The second-order valence-corrected chi connectivity index (χ2v) is 4.12. The van der Waals surface area contributed by atoms with E-state index in [-0.39, 0.29) is 0 Å². The lowest BCUT2D eigenvalue weighted by Crippen LogP contribution is -2.32. The Morgan fingerprint density at radius 3 is 2.67 bits per heavy atom. The standard InChI is InChI=1S/C10H16N4S/c1-8(6-9(11)15)14(2)7-10-12-4-3-5-13-10/h3-5,8H,6-7H2,1-2H3,(H2,11,15). The Kier molecular flexibility index (Phi) is 4.58. The van der Waals surface area contributed by atoms with Crippen LogP contribution in [-0.2, 0) is 6.54 Å². The van der Waals surface area contributed by atoms with E-state index in [1.807, 2.05) is 13.1 Å². The maximum absolute atomic E-state index is 5.50. The summed E-state index contributed by atoms with van der Waals surface area (Å²) in [6, 6.07) is 2.12. The number of thiocarbonyl (C=S) groups is 1. The zero-order chi connectivity index (χ0) is 11.3. The Bertz CT molecular complexity index is 314. The summed E-state index contributed by atoms with van der Waals surface area (Å²) >= 11 is 4.88. The first-order valence-corrected chi connectivity index (χ1v) is 5.25. The van der Waals surface area contributed by atoms with Gasteiger partial charge in [-0.2, -0.15) is 0 Å². The summed E-state index contributed by atoms with van der Waals surface area (Å²) in [5.74, 6) is 0.815. The first kappa shape index (κ1) is 12.0. The van der Waals surface area contributed by atoms with E-state index < -0.39 is 0 Å². The molecular formula is C10H16N4S. The molecule has 0 saturated heterocycles. The minimum atomic E-state index is 0.311. The van der Waals surface area contributed by atoms with Crippen molar-refractivity contribution >= 4 is 17.2 Å². The van der Waals surface area contributed by atoms with Crippen LogP contribution in [0.3, 0.4) is 0 Å². The molecule has 0 aromatic carbocycles. The maximum atomic E-state index is 5.50. The summed E-state index contributed by atoms with van der Waals surface area (Å²) in [6.07, 6.45) is 4.21. The highest BCUT2D eigenvalue weighted by molar-refractivity contribution is 7.80. The van der Waals surface area contributed by atoms with Crippen LogP contribution < -0.4 is 5.73 Å². The molecule has 0 fully saturated rings. The van der Waals surface area contributed by atoms with Gasteiger partial charge >= 0.3 is 0 Å². The van der Waals surface area contributed by atoms with Crippen molar-refractivity contribution in [2.24, 2.45) is 5.73 Å². The van der Waals surface area contributed by atoms with Gasteiger partial charge in [0.25, 0.3) is 0 Å². The van der Waals surface area contributed by atoms with Gasteiger partial charge in [0, 0.05) is 24.9 Å². The summed E-state index contributed by atoms with van der Waals surface area (Å²) in [5.41, 5.74) is 5.50. The van der Waals surface area contributed by atoms with E-state index in [2.05, 4.69) is 21.8 Å². The first-order valence-electron chi connectivity index (χ1n) is 4.84. The summed E-state index contributed by atoms with van der Waals surface area (Å²) in [6.45, 7) is 2.80. The first-order chi connectivity index (χ1) is 7.09. The van der Waals surface area contributed by atoms with Crippen molar-refractivity contribution in [1.29, 1.82) is 0 Å². The van der Waals surface area contributed by atoms with Gasteiger partial charge in [0.15, 0.2) is 0 Å². The van der Waals surface area contributed by atoms with Crippen molar-refractivity contribution in [3.63, 3.8) is 0 Å². The third-order valence-electron chi connectivity index (χ3n) is 2.26. The molecule has 0 bridgehead atoms. The molecule has 0 aliphatic rings. The van der Waals surface area contributed by atoms with Crippen LogP contribution in [0.15, 0.2) is 18.5 Å². The van der Waals surface area contributed by atoms with E-state index >= 15 is 0 Å².